The summed E-state index contributed by atoms with van der Waals surface area (Å²) in [5, 5.41) is 10.4. The fourth-order valence-electron chi connectivity index (χ4n) is 6.93. The number of hydrogen-bond donors (Lipinski definition) is 0. The number of para-hydroxylation sites is 2. The van der Waals surface area contributed by atoms with Gasteiger partial charge < -0.3 is 9.13 Å². The normalized spacial score (nSPS) is 11.8. The van der Waals surface area contributed by atoms with Crippen LogP contribution in [-0.2, 0) is 0 Å². The lowest BCUT2D eigenvalue weighted by Gasteiger charge is -2.20. The van der Waals surface area contributed by atoms with E-state index in [4.69, 9.17) is 0 Å². The quantitative estimate of drug-likeness (QED) is 0.176. The Hall–Kier alpha value is -5.43. The molecule has 0 saturated carbocycles. The van der Waals surface area contributed by atoms with Gasteiger partial charge in [0, 0.05) is 39.1 Å². The molecule has 212 valence electrons. The van der Waals surface area contributed by atoms with Crippen LogP contribution in [0.4, 0.5) is 0 Å². The molecule has 0 aliphatic heterocycles. The molecule has 0 saturated heterocycles. The minimum Gasteiger partial charge on any atom is -0.316 e. The van der Waals surface area contributed by atoms with Gasteiger partial charge in [-0.15, -0.1) is 0 Å². The van der Waals surface area contributed by atoms with Gasteiger partial charge in [0.05, 0.1) is 16.6 Å². The molecule has 0 aliphatic rings. The monoisotopic (exact) mass is 592 g/mol. The van der Waals surface area contributed by atoms with Crippen LogP contribution in [0.1, 0.15) is 0 Å². The highest BCUT2D eigenvalue weighted by Crippen LogP contribution is 2.41. The number of rotatable bonds is 5. The lowest BCUT2D eigenvalue weighted by molar-refractivity contribution is 1.13. The van der Waals surface area contributed by atoms with E-state index < -0.39 is 7.92 Å². The lowest BCUT2D eigenvalue weighted by Crippen LogP contribution is -2.20. The van der Waals surface area contributed by atoms with Crippen LogP contribution in [0.5, 0.6) is 0 Å². The zero-order valence-electron chi connectivity index (χ0n) is 24.6. The van der Waals surface area contributed by atoms with Gasteiger partial charge in [0.15, 0.2) is 0 Å². The van der Waals surface area contributed by atoms with Gasteiger partial charge >= 0.3 is 0 Å². The predicted molar refractivity (Wildman–Crippen MR) is 194 cm³/mol. The van der Waals surface area contributed by atoms with Crippen molar-refractivity contribution in [3.63, 3.8) is 0 Å². The number of fused-ring (bicyclic) bond motifs is 7. The molecule has 3 heteroatoms. The largest absolute Gasteiger partial charge is 0.316 e. The van der Waals surface area contributed by atoms with Gasteiger partial charge in [-0.25, -0.2) is 0 Å². The maximum Gasteiger partial charge on any atom is 0.0613 e. The van der Waals surface area contributed by atoms with Crippen molar-refractivity contribution < 1.29 is 0 Å². The second-order valence-electron chi connectivity index (χ2n) is 11.5. The third kappa shape index (κ3) is 4.22. The zero-order valence-corrected chi connectivity index (χ0v) is 25.5. The van der Waals surface area contributed by atoms with Crippen molar-refractivity contribution in [3.05, 3.63) is 176 Å². The molecule has 0 atom stereocenters. The van der Waals surface area contributed by atoms with Gasteiger partial charge in [0.2, 0.25) is 0 Å². The van der Waals surface area contributed by atoms with Gasteiger partial charge in [0.25, 0.3) is 0 Å². The molecule has 0 aliphatic carbocycles. The first kappa shape index (κ1) is 26.0. The number of hydrogen-bond acceptors (Lipinski definition) is 0. The van der Waals surface area contributed by atoms with E-state index in [0.29, 0.717) is 0 Å². The van der Waals surface area contributed by atoms with E-state index in [1.54, 1.807) is 0 Å². The molecule has 0 amide bonds. The third-order valence-corrected chi connectivity index (χ3v) is 11.3. The average Bonchev–Trinajstić information content (AvgIpc) is 3.70. The summed E-state index contributed by atoms with van der Waals surface area (Å²) in [4.78, 5) is 0. The molecule has 0 fully saturated rings. The van der Waals surface area contributed by atoms with Crippen LogP contribution < -0.4 is 15.9 Å². The average molecular weight is 593 g/mol. The van der Waals surface area contributed by atoms with E-state index in [1.807, 2.05) is 0 Å². The Bertz CT molecular complexity index is 2420. The first-order valence-electron chi connectivity index (χ1n) is 15.4. The van der Waals surface area contributed by atoms with Gasteiger partial charge in [-0.2, -0.15) is 0 Å². The molecule has 7 aromatic carbocycles. The molecule has 2 heterocycles. The Morgan fingerprint density at radius 1 is 0.378 bits per heavy atom. The number of nitrogens with zero attached hydrogens (tertiary/aromatic N) is 2. The second kappa shape index (κ2) is 10.6. The van der Waals surface area contributed by atoms with Gasteiger partial charge in [0.1, 0.15) is 0 Å². The van der Waals surface area contributed by atoms with Gasteiger partial charge in [-0.3, -0.25) is 0 Å². The highest BCUT2D eigenvalue weighted by Gasteiger charge is 2.20. The predicted octanol–water partition coefficient (Wildman–Crippen LogP) is 9.64. The van der Waals surface area contributed by atoms with Crippen molar-refractivity contribution in [2.45, 2.75) is 0 Å². The summed E-state index contributed by atoms with van der Waals surface area (Å²) < 4.78 is 4.78. The number of benzene rings is 7. The summed E-state index contributed by atoms with van der Waals surface area (Å²) in [5.74, 6) is 0. The summed E-state index contributed by atoms with van der Waals surface area (Å²) in [6, 6.07) is 62.0. The maximum atomic E-state index is 2.44. The Kier molecular flexibility index (Phi) is 6.14. The SMILES string of the molecule is c1ccc(-n2ccc3ccc4ccc5c(c6ccccc6n5-c5ccc(P(c6ccccc6)c6ccccc6)cc5)c4c32)cc1. The highest BCUT2D eigenvalue weighted by molar-refractivity contribution is 7.79. The molecule has 0 radical (unpaired) electrons. The molecule has 0 bridgehead atoms. The Morgan fingerprint density at radius 2 is 0.956 bits per heavy atom. The summed E-state index contributed by atoms with van der Waals surface area (Å²) in [5.41, 5.74) is 6.03. The molecule has 0 spiro atoms. The van der Waals surface area contributed by atoms with E-state index in [1.165, 1.54) is 70.8 Å². The molecule has 9 aromatic rings. The smallest absolute Gasteiger partial charge is 0.0613 e. The van der Waals surface area contributed by atoms with E-state index in [0.717, 1.165) is 0 Å². The van der Waals surface area contributed by atoms with Crippen LogP contribution in [0.25, 0.3) is 54.9 Å². The van der Waals surface area contributed by atoms with Crippen LogP contribution in [0.2, 0.25) is 0 Å². The summed E-state index contributed by atoms with van der Waals surface area (Å²) in [6.07, 6.45) is 2.20. The van der Waals surface area contributed by atoms with Crippen molar-refractivity contribution in [3.8, 4) is 11.4 Å². The van der Waals surface area contributed by atoms with Gasteiger partial charge in [-0.1, -0.05) is 127 Å². The third-order valence-electron chi connectivity index (χ3n) is 8.90. The minimum absolute atomic E-state index is 0.661. The molecule has 2 aromatic heterocycles. The molecular weight excluding hydrogens is 563 g/mol. The first-order chi connectivity index (χ1) is 22.3. The zero-order chi connectivity index (χ0) is 29.7. The Balaban J connectivity index is 1.28. The Labute approximate surface area is 263 Å². The minimum atomic E-state index is -0.661. The molecule has 0 unspecified atom stereocenters. The highest BCUT2D eigenvalue weighted by atomic mass is 31.1. The van der Waals surface area contributed by atoms with Crippen LogP contribution in [0.15, 0.2) is 176 Å². The van der Waals surface area contributed by atoms with Gasteiger partial charge in [-0.05, 0) is 71.7 Å². The molecule has 9 rings (SSSR count). The molecule has 0 N–H and O–H groups in total. The fourth-order valence-corrected chi connectivity index (χ4v) is 9.21. The standard InChI is InChI=1S/C42H29N2P/c1-4-12-32(13-5-1)43-29-28-31-21-20-30-22-27-39-41(40(30)42(31)43)37-18-10-11-19-38(37)44(39)33-23-25-36(26-24-33)45(34-14-6-2-7-15-34)35-16-8-3-9-17-35/h1-29H. The van der Waals surface area contributed by atoms with Crippen LogP contribution >= 0.6 is 7.92 Å². The van der Waals surface area contributed by atoms with Crippen LogP contribution in [0.3, 0.4) is 0 Å². The van der Waals surface area contributed by atoms with Crippen molar-refractivity contribution in [2.75, 3.05) is 0 Å². The van der Waals surface area contributed by atoms with E-state index in [-0.39, 0.29) is 0 Å². The fraction of sp³-hybridized carbons (Fsp3) is 0. The molecule has 2 nitrogen and oxygen atoms in total. The van der Waals surface area contributed by atoms with Crippen molar-refractivity contribution in [2.24, 2.45) is 0 Å². The second-order valence-corrected chi connectivity index (χ2v) is 13.7. The van der Waals surface area contributed by atoms with Crippen LogP contribution in [0, 0.1) is 0 Å². The molecule has 45 heavy (non-hydrogen) atoms. The first-order valence-corrected chi connectivity index (χ1v) is 16.7. The van der Waals surface area contributed by atoms with Crippen LogP contribution in [-0.4, -0.2) is 9.13 Å². The van der Waals surface area contributed by atoms with Crippen molar-refractivity contribution in [1.82, 2.24) is 9.13 Å². The van der Waals surface area contributed by atoms with E-state index in [2.05, 4.69) is 185 Å². The topological polar surface area (TPSA) is 9.86 Å². The maximum absolute atomic E-state index is 2.44. The molecular formula is C42H29N2P. The van der Waals surface area contributed by atoms with Crippen molar-refractivity contribution in [1.29, 1.82) is 0 Å². The summed E-state index contributed by atoms with van der Waals surface area (Å²) in [7, 11) is -0.661. The lowest BCUT2D eigenvalue weighted by atomic mass is 10.0. The van der Waals surface area contributed by atoms with Crippen molar-refractivity contribution >= 4 is 67.3 Å². The Morgan fingerprint density at radius 3 is 1.67 bits per heavy atom. The number of aromatic nitrogens is 2. The van der Waals surface area contributed by atoms with E-state index in [9.17, 15) is 0 Å². The van der Waals surface area contributed by atoms with E-state index >= 15 is 0 Å². The summed E-state index contributed by atoms with van der Waals surface area (Å²) >= 11 is 0. The summed E-state index contributed by atoms with van der Waals surface area (Å²) in [6.45, 7) is 0.